The van der Waals surface area contributed by atoms with Crippen molar-refractivity contribution >= 4 is 11.5 Å². The minimum Gasteiger partial charge on any atom is -0.369 e. The SMILES string of the molecule is CCC(=O)c1ccc(N(C)Cc2cccc(F)c2)cn1. The van der Waals surface area contributed by atoms with Crippen LogP contribution in [0.25, 0.3) is 0 Å². The average Bonchev–Trinajstić information content (AvgIpc) is 2.46. The van der Waals surface area contributed by atoms with Crippen LogP contribution in [0.3, 0.4) is 0 Å². The largest absolute Gasteiger partial charge is 0.369 e. The fourth-order valence-corrected chi connectivity index (χ4v) is 1.96. The Kier molecular flexibility index (Phi) is 4.45. The van der Waals surface area contributed by atoms with Crippen LogP contribution in [-0.2, 0) is 6.54 Å². The first kappa shape index (κ1) is 14.2. The quantitative estimate of drug-likeness (QED) is 0.782. The highest BCUT2D eigenvalue weighted by molar-refractivity contribution is 5.94. The van der Waals surface area contributed by atoms with Crippen molar-refractivity contribution in [2.75, 3.05) is 11.9 Å². The summed E-state index contributed by atoms with van der Waals surface area (Å²) in [5.74, 6) is -0.206. The fourth-order valence-electron chi connectivity index (χ4n) is 1.96. The summed E-state index contributed by atoms with van der Waals surface area (Å²) in [4.78, 5) is 17.6. The number of Topliss-reactive ketones (excluding diaryl/α,β-unsaturated/α-hetero) is 1. The lowest BCUT2D eigenvalue weighted by atomic mass is 10.2. The fraction of sp³-hybridized carbons (Fsp3) is 0.250. The maximum absolute atomic E-state index is 13.1. The minimum atomic E-state index is -0.238. The lowest BCUT2D eigenvalue weighted by molar-refractivity contribution is 0.0983. The molecule has 0 bridgehead atoms. The number of halogens is 1. The second kappa shape index (κ2) is 6.28. The van der Waals surface area contributed by atoms with Gasteiger partial charge < -0.3 is 4.90 Å². The molecule has 0 spiro atoms. The monoisotopic (exact) mass is 272 g/mol. The van der Waals surface area contributed by atoms with Crippen LogP contribution in [0.1, 0.15) is 29.4 Å². The highest BCUT2D eigenvalue weighted by Gasteiger charge is 2.07. The Balaban J connectivity index is 2.09. The maximum Gasteiger partial charge on any atom is 0.180 e. The van der Waals surface area contributed by atoms with Gasteiger partial charge in [0.05, 0.1) is 11.9 Å². The molecule has 0 aliphatic rings. The number of anilines is 1. The highest BCUT2D eigenvalue weighted by atomic mass is 19.1. The summed E-state index contributed by atoms with van der Waals surface area (Å²) in [5.41, 5.74) is 2.26. The molecule has 2 rings (SSSR count). The number of hydrogen-bond donors (Lipinski definition) is 0. The predicted octanol–water partition coefficient (Wildman–Crippen LogP) is 3.45. The first-order valence-electron chi connectivity index (χ1n) is 6.55. The molecular weight excluding hydrogens is 255 g/mol. The van der Waals surface area contributed by atoms with Crippen LogP contribution in [0, 0.1) is 5.82 Å². The summed E-state index contributed by atoms with van der Waals surface area (Å²) < 4.78 is 13.1. The van der Waals surface area contributed by atoms with E-state index in [0.29, 0.717) is 18.7 Å². The van der Waals surface area contributed by atoms with E-state index < -0.39 is 0 Å². The highest BCUT2D eigenvalue weighted by Crippen LogP contribution is 2.15. The zero-order valence-corrected chi connectivity index (χ0v) is 11.6. The summed E-state index contributed by atoms with van der Waals surface area (Å²) in [5, 5.41) is 0. The molecule has 104 valence electrons. The number of pyridine rings is 1. The van der Waals surface area contributed by atoms with Gasteiger partial charge in [-0.05, 0) is 29.8 Å². The van der Waals surface area contributed by atoms with Gasteiger partial charge in [0.2, 0.25) is 0 Å². The maximum atomic E-state index is 13.1. The third-order valence-corrected chi connectivity index (χ3v) is 3.10. The number of benzene rings is 1. The van der Waals surface area contributed by atoms with Gasteiger partial charge in [0.15, 0.2) is 5.78 Å². The standard InChI is InChI=1S/C16H17FN2O/c1-3-16(20)15-8-7-14(10-18-15)19(2)11-12-5-4-6-13(17)9-12/h4-10H,3,11H2,1-2H3. The smallest absolute Gasteiger partial charge is 0.180 e. The van der Waals surface area contributed by atoms with Crippen molar-refractivity contribution in [3.63, 3.8) is 0 Å². The molecule has 1 heterocycles. The first-order valence-corrected chi connectivity index (χ1v) is 6.55. The zero-order chi connectivity index (χ0) is 14.5. The Morgan fingerprint density at radius 2 is 2.10 bits per heavy atom. The van der Waals surface area contributed by atoms with Crippen LogP contribution in [-0.4, -0.2) is 17.8 Å². The molecule has 3 nitrogen and oxygen atoms in total. The van der Waals surface area contributed by atoms with E-state index in [0.717, 1.165) is 11.3 Å². The van der Waals surface area contributed by atoms with Crippen molar-refractivity contribution in [1.29, 1.82) is 0 Å². The molecule has 2 aromatic rings. The number of carbonyl (C=O) groups is 1. The molecule has 0 atom stereocenters. The molecular formula is C16H17FN2O. The second-order valence-corrected chi connectivity index (χ2v) is 4.66. The molecule has 0 saturated heterocycles. The zero-order valence-electron chi connectivity index (χ0n) is 11.6. The summed E-state index contributed by atoms with van der Waals surface area (Å²) in [6.07, 6.45) is 2.12. The van der Waals surface area contributed by atoms with Crippen molar-refractivity contribution in [2.45, 2.75) is 19.9 Å². The molecule has 0 radical (unpaired) electrons. The molecule has 20 heavy (non-hydrogen) atoms. The Labute approximate surface area is 118 Å². The normalized spacial score (nSPS) is 10.3. The first-order chi connectivity index (χ1) is 9.60. The molecule has 0 aliphatic carbocycles. The van der Waals surface area contributed by atoms with Gasteiger partial charge in [-0.25, -0.2) is 4.39 Å². The van der Waals surface area contributed by atoms with Crippen molar-refractivity contribution in [3.05, 3.63) is 59.7 Å². The van der Waals surface area contributed by atoms with Crippen molar-refractivity contribution in [3.8, 4) is 0 Å². The Hall–Kier alpha value is -2.23. The second-order valence-electron chi connectivity index (χ2n) is 4.66. The summed E-state index contributed by atoms with van der Waals surface area (Å²) >= 11 is 0. The van der Waals surface area contributed by atoms with Gasteiger partial charge >= 0.3 is 0 Å². The number of nitrogens with zero attached hydrogens (tertiary/aromatic N) is 2. The van der Waals surface area contributed by atoms with E-state index in [1.165, 1.54) is 12.1 Å². The van der Waals surface area contributed by atoms with Gasteiger partial charge in [-0.3, -0.25) is 9.78 Å². The third kappa shape index (κ3) is 3.41. The van der Waals surface area contributed by atoms with Crippen molar-refractivity contribution in [2.24, 2.45) is 0 Å². The number of rotatable bonds is 5. The summed E-state index contributed by atoms with van der Waals surface area (Å²) in [7, 11) is 1.91. The molecule has 0 amide bonds. The van der Waals surface area contributed by atoms with Crippen LogP contribution in [0.5, 0.6) is 0 Å². The lowest BCUT2D eigenvalue weighted by Crippen LogP contribution is -2.17. The third-order valence-electron chi connectivity index (χ3n) is 3.10. The van der Waals surface area contributed by atoms with Gasteiger partial charge in [0, 0.05) is 20.0 Å². The molecule has 1 aromatic heterocycles. The van der Waals surface area contributed by atoms with Crippen LogP contribution < -0.4 is 4.90 Å². The lowest BCUT2D eigenvalue weighted by Gasteiger charge is -2.19. The van der Waals surface area contributed by atoms with E-state index in [4.69, 9.17) is 0 Å². The van der Waals surface area contributed by atoms with Gasteiger partial charge in [-0.1, -0.05) is 19.1 Å². The van der Waals surface area contributed by atoms with Crippen molar-refractivity contribution < 1.29 is 9.18 Å². The molecule has 0 aliphatic heterocycles. The van der Waals surface area contributed by atoms with Crippen LogP contribution in [0.2, 0.25) is 0 Å². The summed E-state index contributed by atoms with van der Waals surface area (Å²) in [6, 6.07) is 10.1. The predicted molar refractivity (Wildman–Crippen MR) is 77.4 cm³/mol. The average molecular weight is 272 g/mol. The number of ketones is 1. The molecule has 0 fully saturated rings. The summed E-state index contributed by atoms with van der Waals surface area (Å²) in [6.45, 7) is 2.40. The Morgan fingerprint density at radius 3 is 2.70 bits per heavy atom. The van der Waals surface area contributed by atoms with E-state index in [1.807, 2.05) is 31.0 Å². The van der Waals surface area contributed by atoms with Crippen LogP contribution in [0.4, 0.5) is 10.1 Å². The van der Waals surface area contributed by atoms with E-state index in [1.54, 1.807) is 18.3 Å². The molecule has 0 saturated carbocycles. The van der Waals surface area contributed by atoms with E-state index in [9.17, 15) is 9.18 Å². The van der Waals surface area contributed by atoms with Crippen LogP contribution in [0.15, 0.2) is 42.6 Å². The van der Waals surface area contributed by atoms with Gasteiger partial charge in [-0.15, -0.1) is 0 Å². The van der Waals surface area contributed by atoms with Gasteiger partial charge in [0.25, 0.3) is 0 Å². The van der Waals surface area contributed by atoms with E-state index in [-0.39, 0.29) is 11.6 Å². The molecule has 0 unspecified atom stereocenters. The number of hydrogen-bond acceptors (Lipinski definition) is 3. The number of aromatic nitrogens is 1. The number of carbonyl (C=O) groups excluding carboxylic acids is 1. The Bertz CT molecular complexity index is 596. The molecule has 4 heteroatoms. The van der Waals surface area contributed by atoms with Gasteiger partial charge in [0.1, 0.15) is 11.5 Å². The molecule has 1 aromatic carbocycles. The van der Waals surface area contributed by atoms with E-state index in [2.05, 4.69) is 4.98 Å². The topological polar surface area (TPSA) is 33.2 Å². The van der Waals surface area contributed by atoms with Gasteiger partial charge in [-0.2, -0.15) is 0 Å². The van der Waals surface area contributed by atoms with Crippen molar-refractivity contribution in [1.82, 2.24) is 4.98 Å². The molecule has 0 N–H and O–H groups in total. The van der Waals surface area contributed by atoms with E-state index >= 15 is 0 Å². The Morgan fingerprint density at radius 1 is 1.30 bits per heavy atom. The minimum absolute atomic E-state index is 0.0318. The van der Waals surface area contributed by atoms with Crippen LogP contribution >= 0.6 is 0 Å².